The number of benzene rings is 1. The molecule has 0 aliphatic carbocycles. The summed E-state index contributed by atoms with van der Waals surface area (Å²) in [5.41, 5.74) is 5.13. The molecular formula is C22H24N2O. The molecule has 0 bridgehead atoms. The summed E-state index contributed by atoms with van der Waals surface area (Å²) in [4.78, 5) is 6.81. The number of hydrogen-bond donors (Lipinski definition) is 0. The van der Waals surface area contributed by atoms with E-state index in [2.05, 4.69) is 87.3 Å². The zero-order valence-electron chi connectivity index (χ0n) is 15.5. The number of aromatic nitrogens is 1. The van der Waals surface area contributed by atoms with Crippen molar-refractivity contribution in [3.63, 3.8) is 0 Å². The van der Waals surface area contributed by atoms with Crippen molar-refractivity contribution in [1.29, 1.82) is 0 Å². The van der Waals surface area contributed by atoms with Crippen molar-refractivity contribution in [2.75, 3.05) is 7.05 Å². The molecule has 0 fully saturated rings. The number of furan rings is 1. The highest BCUT2D eigenvalue weighted by Gasteiger charge is 2.33. The van der Waals surface area contributed by atoms with Gasteiger partial charge in [-0.25, -0.2) is 0 Å². The maximum absolute atomic E-state index is 6.48. The zero-order valence-corrected chi connectivity index (χ0v) is 15.5. The van der Waals surface area contributed by atoms with E-state index in [4.69, 9.17) is 4.42 Å². The van der Waals surface area contributed by atoms with E-state index in [-0.39, 0.29) is 5.54 Å². The van der Waals surface area contributed by atoms with Gasteiger partial charge in [-0.15, -0.1) is 0 Å². The molecule has 3 heterocycles. The lowest BCUT2D eigenvalue weighted by atomic mass is 9.84. The number of fused-ring (bicyclic) bond motifs is 3. The Morgan fingerprint density at radius 2 is 1.84 bits per heavy atom. The molecule has 1 aliphatic heterocycles. The summed E-state index contributed by atoms with van der Waals surface area (Å²) in [7, 11) is 2.11. The molecule has 1 aromatic carbocycles. The number of nitrogens with zero attached hydrogens (tertiary/aromatic N) is 2. The number of hydrogen-bond acceptors (Lipinski definition) is 3. The number of allylic oxidation sites excluding steroid dienone is 2. The van der Waals surface area contributed by atoms with Crippen LogP contribution in [0.1, 0.15) is 43.5 Å². The zero-order chi connectivity index (χ0) is 17.8. The van der Waals surface area contributed by atoms with Crippen LogP contribution in [0, 0.1) is 6.92 Å². The van der Waals surface area contributed by atoms with Gasteiger partial charge in [0.25, 0.3) is 0 Å². The van der Waals surface area contributed by atoms with E-state index in [0.717, 1.165) is 27.6 Å². The summed E-state index contributed by atoms with van der Waals surface area (Å²) in [5, 5.41) is 2.31. The first-order chi connectivity index (χ1) is 11.9. The highest BCUT2D eigenvalue weighted by Crippen LogP contribution is 2.42. The van der Waals surface area contributed by atoms with Gasteiger partial charge in [0.05, 0.1) is 11.2 Å². The molecule has 25 heavy (non-hydrogen) atoms. The summed E-state index contributed by atoms with van der Waals surface area (Å²) in [6.07, 6.45) is 10.4. The largest absolute Gasteiger partial charge is 0.454 e. The Bertz CT molecular complexity index is 1030. The molecule has 1 aliphatic rings. The van der Waals surface area contributed by atoms with Crippen LogP contribution in [0.2, 0.25) is 0 Å². The minimum atomic E-state index is -0.238. The Morgan fingerprint density at radius 3 is 2.56 bits per heavy atom. The molecule has 128 valence electrons. The fourth-order valence-electron chi connectivity index (χ4n) is 3.88. The van der Waals surface area contributed by atoms with Gasteiger partial charge < -0.3 is 9.32 Å². The highest BCUT2D eigenvalue weighted by atomic mass is 16.3. The molecular weight excluding hydrogens is 308 g/mol. The van der Waals surface area contributed by atoms with Crippen molar-refractivity contribution >= 4 is 21.9 Å². The number of aryl methyl sites for hydroxylation is 1. The topological polar surface area (TPSA) is 29.3 Å². The molecule has 2 aromatic heterocycles. The van der Waals surface area contributed by atoms with Crippen molar-refractivity contribution in [2.45, 2.75) is 39.2 Å². The molecule has 0 N–H and O–H groups in total. The third-order valence-electron chi connectivity index (χ3n) is 5.42. The van der Waals surface area contributed by atoms with Gasteiger partial charge in [-0.3, -0.25) is 4.98 Å². The second kappa shape index (κ2) is 5.48. The highest BCUT2D eigenvalue weighted by molar-refractivity contribution is 6.07. The first kappa shape index (κ1) is 15.9. The molecule has 3 heteroatoms. The van der Waals surface area contributed by atoms with Crippen LogP contribution >= 0.6 is 0 Å². The second-order valence-corrected chi connectivity index (χ2v) is 7.42. The normalized spacial score (nSPS) is 20.3. The Morgan fingerprint density at radius 1 is 1.08 bits per heavy atom. The van der Waals surface area contributed by atoms with Gasteiger partial charge in [0.15, 0.2) is 5.58 Å². The third-order valence-corrected chi connectivity index (χ3v) is 5.42. The Hall–Kier alpha value is -2.55. The summed E-state index contributed by atoms with van der Waals surface area (Å²) < 4.78 is 6.48. The first-order valence-electron chi connectivity index (χ1n) is 8.83. The fourth-order valence-corrected chi connectivity index (χ4v) is 3.88. The second-order valence-electron chi connectivity index (χ2n) is 7.42. The van der Waals surface area contributed by atoms with E-state index in [1.807, 2.05) is 6.20 Å². The molecule has 3 nitrogen and oxygen atoms in total. The molecule has 0 radical (unpaired) electrons. The van der Waals surface area contributed by atoms with Crippen molar-refractivity contribution in [3.05, 3.63) is 65.6 Å². The van der Waals surface area contributed by atoms with Crippen LogP contribution in [0.4, 0.5) is 0 Å². The van der Waals surface area contributed by atoms with Gasteiger partial charge in [-0.2, -0.15) is 0 Å². The maximum Gasteiger partial charge on any atom is 0.157 e. The Labute approximate surface area is 148 Å². The van der Waals surface area contributed by atoms with Crippen molar-refractivity contribution in [2.24, 2.45) is 0 Å². The standard InChI is InChI=1S/C22H24N2O/c1-14(2)19-21-17(10-12-23-19)16-9-8-15(3)18(20(16)25-21)22(4)11-6-7-13-24(22)5/h6-14H,1-5H3. The molecule has 0 saturated heterocycles. The van der Waals surface area contributed by atoms with Gasteiger partial charge in [-0.1, -0.05) is 38.1 Å². The molecule has 3 aromatic rings. The Kier molecular flexibility index (Phi) is 3.50. The molecule has 4 rings (SSSR count). The fraction of sp³-hybridized carbons (Fsp3) is 0.318. The van der Waals surface area contributed by atoms with Crippen molar-refractivity contribution < 1.29 is 4.42 Å². The van der Waals surface area contributed by atoms with Crippen molar-refractivity contribution in [1.82, 2.24) is 9.88 Å². The maximum atomic E-state index is 6.48. The lowest BCUT2D eigenvalue weighted by Crippen LogP contribution is -2.37. The van der Waals surface area contributed by atoms with Gasteiger partial charge in [-0.05, 0) is 43.7 Å². The predicted octanol–water partition coefficient (Wildman–Crippen LogP) is 5.64. The van der Waals surface area contributed by atoms with Crippen LogP contribution in [0.3, 0.4) is 0 Å². The average Bonchev–Trinajstić information content (AvgIpc) is 2.95. The quantitative estimate of drug-likeness (QED) is 0.608. The van der Waals surface area contributed by atoms with Gasteiger partial charge in [0.2, 0.25) is 0 Å². The van der Waals surface area contributed by atoms with E-state index in [1.54, 1.807) is 0 Å². The average molecular weight is 332 g/mol. The van der Waals surface area contributed by atoms with Crippen LogP contribution in [-0.2, 0) is 5.54 Å². The monoisotopic (exact) mass is 332 g/mol. The lowest BCUT2D eigenvalue weighted by molar-refractivity contribution is 0.261. The molecule has 0 saturated carbocycles. The van der Waals surface area contributed by atoms with E-state index in [0.29, 0.717) is 5.92 Å². The Balaban J connectivity index is 2.10. The van der Waals surface area contributed by atoms with E-state index in [9.17, 15) is 0 Å². The number of likely N-dealkylation sites (N-methyl/N-ethyl adjacent to an activating group) is 1. The smallest absolute Gasteiger partial charge is 0.157 e. The van der Waals surface area contributed by atoms with Crippen LogP contribution in [-0.4, -0.2) is 16.9 Å². The van der Waals surface area contributed by atoms with E-state index < -0.39 is 0 Å². The summed E-state index contributed by atoms with van der Waals surface area (Å²) in [6.45, 7) is 8.72. The molecule has 0 spiro atoms. The molecule has 1 unspecified atom stereocenters. The van der Waals surface area contributed by atoms with E-state index >= 15 is 0 Å². The third kappa shape index (κ3) is 2.22. The first-order valence-corrected chi connectivity index (χ1v) is 8.83. The van der Waals surface area contributed by atoms with Crippen LogP contribution < -0.4 is 0 Å². The van der Waals surface area contributed by atoms with Crippen LogP contribution in [0.5, 0.6) is 0 Å². The van der Waals surface area contributed by atoms with Gasteiger partial charge in [0, 0.05) is 29.6 Å². The lowest BCUT2D eigenvalue weighted by Gasteiger charge is -2.38. The summed E-state index contributed by atoms with van der Waals surface area (Å²) in [5.74, 6) is 0.324. The number of rotatable bonds is 2. The number of pyridine rings is 1. The SMILES string of the molecule is Cc1ccc2c(oc3c(C(C)C)nccc32)c1C1(C)C=CC=CN1C. The van der Waals surface area contributed by atoms with Gasteiger partial charge in [0.1, 0.15) is 5.58 Å². The summed E-state index contributed by atoms with van der Waals surface area (Å²) in [6, 6.07) is 6.44. The summed E-state index contributed by atoms with van der Waals surface area (Å²) >= 11 is 0. The van der Waals surface area contributed by atoms with E-state index in [1.165, 1.54) is 11.1 Å². The predicted molar refractivity (Wildman–Crippen MR) is 104 cm³/mol. The van der Waals surface area contributed by atoms with Crippen molar-refractivity contribution in [3.8, 4) is 0 Å². The minimum Gasteiger partial charge on any atom is -0.454 e. The minimum absolute atomic E-state index is 0.238. The molecule has 1 atom stereocenters. The van der Waals surface area contributed by atoms with Crippen LogP contribution in [0.25, 0.3) is 21.9 Å². The van der Waals surface area contributed by atoms with Gasteiger partial charge >= 0.3 is 0 Å². The van der Waals surface area contributed by atoms with Crippen LogP contribution in [0.15, 0.2) is 53.2 Å². The molecule has 0 amide bonds.